The van der Waals surface area contributed by atoms with Crippen molar-refractivity contribution in [2.45, 2.75) is 53.9 Å². The van der Waals surface area contributed by atoms with Crippen LogP contribution < -0.4 is 0 Å². The lowest BCUT2D eigenvalue weighted by Crippen LogP contribution is -2.25. The van der Waals surface area contributed by atoms with E-state index >= 15 is 0 Å². The highest BCUT2D eigenvalue weighted by atomic mass is 16.5. The molecule has 0 heterocycles. The van der Waals surface area contributed by atoms with Crippen molar-refractivity contribution in [3.8, 4) is 0 Å². The van der Waals surface area contributed by atoms with Crippen LogP contribution in [0.25, 0.3) is 0 Å². The van der Waals surface area contributed by atoms with Crippen LogP contribution in [0.4, 0.5) is 0 Å². The lowest BCUT2D eigenvalue weighted by Gasteiger charge is -2.18. The van der Waals surface area contributed by atoms with E-state index in [2.05, 4.69) is 32.7 Å². The van der Waals surface area contributed by atoms with Crippen LogP contribution in [0.15, 0.2) is 0 Å². The van der Waals surface area contributed by atoms with Gasteiger partial charge in [-0.2, -0.15) is 0 Å². The highest BCUT2D eigenvalue weighted by molar-refractivity contribution is 4.54. The Balaban J connectivity index is 0. The quantitative estimate of drug-likeness (QED) is 0.560. The first-order valence-electron chi connectivity index (χ1n) is 6.93. The molecule has 0 rings (SSSR count). The third-order valence-corrected chi connectivity index (χ3v) is 2.15. The van der Waals surface area contributed by atoms with Gasteiger partial charge in [0.1, 0.15) is 0 Å². The van der Waals surface area contributed by atoms with Crippen LogP contribution in [0.1, 0.15) is 53.9 Å². The van der Waals surface area contributed by atoms with Crippen molar-refractivity contribution in [3.63, 3.8) is 0 Å². The van der Waals surface area contributed by atoms with E-state index < -0.39 is 0 Å². The molecular formula is C14H33NO. The maximum atomic E-state index is 5.50. The van der Waals surface area contributed by atoms with Gasteiger partial charge in [0.05, 0.1) is 0 Å². The summed E-state index contributed by atoms with van der Waals surface area (Å²) in [5.41, 5.74) is 0. The van der Waals surface area contributed by atoms with Crippen molar-refractivity contribution >= 4 is 0 Å². The first kappa shape index (κ1) is 18.3. The third-order valence-electron chi connectivity index (χ3n) is 2.15. The largest absolute Gasteiger partial charge is 0.381 e. The summed E-state index contributed by atoms with van der Waals surface area (Å²) in [6, 6.07) is 0. The van der Waals surface area contributed by atoms with E-state index in [4.69, 9.17) is 4.74 Å². The average molecular weight is 231 g/mol. The van der Waals surface area contributed by atoms with Crippen molar-refractivity contribution in [1.82, 2.24) is 4.90 Å². The molecule has 16 heavy (non-hydrogen) atoms. The number of hydrogen-bond donors (Lipinski definition) is 0. The van der Waals surface area contributed by atoms with E-state index in [1.165, 1.54) is 19.4 Å². The molecule has 0 unspecified atom stereocenters. The standard InChI is InChI=1S/C12H27NO.C2H6/c1-5-6-9-14-10-7-8-13(4)11-12(2)3;1-2/h12H,5-11H2,1-4H3;1-2H3. The Hall–Kier alpha value is -0.0800. The van der Waals surface area contributed by atoms with Gasteiger partial charge in [0.2, 0.25) is 0 Å². The second-order valence-corrected chi connectivity index (χ2v) is 4.48. The summed E-state index contributed by atoms with van der Waals surface area (Å²) in [7, 11) is 2.19. The third kappa shape index (κ3) is 16.4. The lowest BCUT2D eigenvalue weighted by atomic mass is 10.2. The molecule has 0 radical (unpaired) electrons. The predicted octanol–water partition coefficient (Wildman–Crippen LogP) is 3.81. The Bertz CT molecular complexity index is 115. The molecule has 0 amide bonds. The minimum absolute atomic E-state index is 0.765. The summed E-state index contributed by atoms with van der Waals surface area (Å²) >= 11 is 0. The highest BCUT2D eigenvalue weighted by Gasteiger charge is 2.00. The second-order valence-electron chi connectivity index (χ2n) is 4.48. The van der Waals surface area contributed by atoms with Gasteiger partial charge >= 0.3 is 0 Å². The smallest absolute Gasteiger partial charge is 0.0478 e. The van der Waals surface area contributed by atoms with E-state index in [1.54, 1.807) is 0 Å². The molecular weight excluding hydrogens is 198 g/mol. The first-order chi connectivity index (χ1) is 7.66. The normalized spacial score (nSPS) is 10.5. The Labute approximate surface area is 103 Å². The van der Waals surface area contributed by atoms with Crippen LogP contribution in [0.2, 0.25) is 0 Å². The van der Waals surface area contributed by atoms with Crippen molar-refractivity contribution in [3.05, 3.63) is 0 Å². The van der Waals surface area contributed by atoms with Crippen LogP contribution in [0.5, 0.6) is 0 Å². The molecule has 2 heteroatoms. The molecule has 2 nitrogen and oxygen atoms in total. The zero-order valence-electron chi connectivity index (χ0n) is 12.4. The molecule has 0 spiro atoms. The van der Waals surface area contributed by atoms with E-state index in [9.17, 15) is 0 Å². The van der Waals surface area contributed by atoms with Gasteiger partial charge in [-0.3, -0.25) is 0 Å². The van der Waals surface area contributed by atoms with Crippen molar-refractivity contribution in [2.24, 2.45) is 5.92 Å². The molecule has 0 aliphatic rings. The molecule has 0 saturated carbocycles. The summed E-state index contributed by atoms with van der Waals surface area (Å²) in [5.74, 6) is 0.765. The van der Waals surface area contributed by atoms with Gasteiger partial charge in [-0.25, -0.2) is 0 Å². The van der Waals surface area contributed by atoms with Gasteiger partial charge in [0.25, 0.3) is 0 Å². The molecule has 0 aliphatic carbocycles. The zero-order chi connectivity index (χ0) is 12.8. The molecule has 0 aromatic rings. The molecule has 0 aliphatic heterocycles. The molecule has 0 N–H and O–H groups in total. The number of nitrogens with zero attached hydrogens (tertiary/aromatic N) is 1. The SMILES string of the molecule is CC.CCCCOCCCN(C)CC(C)C. The van der Waals surface area contributed by atoms with Crippen LogP contribution >= 0.6 is 0 Å². The molecule has 0 bridgehead atoms. The Morgan fingerprint density at radius 2 is 1.62 bits per heavy atom. The van der Waals surface area contributed by atoms with Crippen LogP contribution in [0.3, 0.4) is 0 Å². The minimum Gasteiger partial charge on any atom is -0.381 e. The Morgan fingerprint density at radius 1 is 1.06 bits per heavy atom. The van der Waals surface area contributed by atoms with Crippen molar-refractivity contribution < 1.29 is 4.74 Å². The molecule has 0 saturated heterocycles. The van der Waals surface area contributed by atoms with Crippen molar-refractivity contribution in [2.75, 3.05) is 33.4 Å². The van der Waals surface area contributed by atoms with E-state index in [0.29, 0.717) is 0 Å². The first-order valence-corrected chi connectivity index (χ1v) is 6.93. The van der Waals surface area contributed by atoms with E-state index in [1.807, 2.05) is 13.8 Å². The maximum absolute atomic E-state index is 5.50. The minimum atomic E-state index is 0.765. The van der Waals surface area contributed by atoms with E-state index in [-0.39, 0.29) is 0 Å². The molecule has 0 fully saturated rings. The van der Waals surface area contributed by atoms with Gasteiger partial charge in [-0.1, -0.05) is 41.0 Å². The summed E-state index contributed by atoms with van der Waals surface area (Å²) in [5, 5.41) is 0. The van der Waals surface area contributed by atoms with Crippen LogP contribution in [0, 0.1) is 5.92 Å². The molecule has 100 valence electrons. The summed E-state index contributed by atoms with van der Waals surface area (Å²) in [4.78, 5) is 2.38. The van der Waals surface area contributed by atoms with Gasteiger partial charge in [-0.05, 0) is 25.8 Å². The average Bonchev–Trinajstić information content (AvgIpc) is 2.25. The zero-order valence-corrected chi connectivity index (χ0v) is 12.4. The molecule has 0 aromatic carbocycles. The van der Waals surface area contributed by atoms with E-state index in [0.717, 1.165) is 32.1 Å². The van der Waals surface area contributed by atoms with Crippen LogP contribution in [-0.4, -0.2) is 38.3 Å². The molecule has 0 aromatic heterocycles. The maximum Gasteiger partial charge on any atom is 0.0478 e. The summed E-state index contributed by atoms with van der Waals surface area (Å²) < 4.78 is 5.50. The monoisotopic (exact) mass is 231 g/mol. The van der Waals surface area contributed by atoms with Crippen molar-refractivity contribution in [1.29, 1.82) is 0 Å². The lowest BCUT2D eigenvalue weighted by molar-refractivity contribution is 0.120. The molecule has 0 atom stereocenters. The number of unbranched alkanes of at least 4 members (excludes halogenated alkanes) is 1. The van der Waals surface area contributed by atoms with Crippen LogP contribution in [-0.2, 0) is 4.74 Å². The summed E-state index contributed by atoms with van der Waals surface area (Å²) in [6.45, 7) is 14.9. The number of rotatable bonds is 9. The number of hydrogen-bond acceptors (Lipinski definition) is 2. The fourth-order valence-corrected chi connectivity index (χ4v) is 1.50. The highest BCUT2D eigenvalue weighted by Crippen LogP contribution is 1.97. The predicted molar refractivity (Wildman–Crippen MR) is 74.0 cm³/mol. The van der Waals surface area contributed by atoms with Gasteiger partial charge < -0.3 is 9.64 Å². The summed E-state index contributed by atoms with van der Waals surface area (Å²) in [6.07, 6.45) is 3.59. The fraction of sp³-hybridized carbons (Fsp3) is 1.00. The Kier molecular flexibility index (Phi) is 17.1. The van der Waals surface area contributed by atoms with Gasteiger partial charge in [0.15, 0.2) is 0 Å². The Morgan fingerprint density at radius 3 is 2.12 bits per heavy atom. The topological polar surface area (TPSA) is 12.5 Å². The van der Waals surface area contributed by atoms with Gasteiger partial charge in [-0.15, -0.1) is 0 Å². The second kappa shape index (κ2) is 14.9. The van der Waals surface area contributed by atoms with Gasteiger partial charge in [0, 0.05) is 26.3 Å². The fourth-order valence-electron chi connectivity index (χ4n) is 1.50. The number of ether oxygens (including phenoxy) is 1.